The Morgan fingerprint density at radius 2 is 1.73 bits per heavy atom. The molecule has 22 heavy (non-hydrogen) atoms. The molecule has 0 radical (unpaired) electrons. The fourth-order valence-electron chi connectivity index (χ4n) is 2.81. The van der Waals surface area contributed by atoms with Crippen LogP contribution in [0.1, 0.15) is 37.7 Å². The van der Waals surface area contributed by atoms with Crippen LogP contribution in [-0.2, 0) is 11.2 Å². The van der Waals surface area contributed by atoms with Crippen LogP contribution in [-0.4, -0.2) is 37.0 Å². The minimum Gasteiger partial charge on any atom is -0.356 e. The number of likely N-dealkylation sites (tertiary alicyclic amines) is 1. The van der Waals surface area contributed by atoms with Crippen molar-refractivity contribution in [1.29, 1.82) is 0 Å². The number of hydrogen-bond acceptors (Lipinski definition) is 2. The van der Waals surface area contributed by atoms with Crippen LogP contribution >= 0.6 is 23.2 Å². The van der Waals surface area contributed by atoms with E-state index in [-0.39, 0.29) is 12.3 Å². The summed E-state index contributed by atoms with van der Waals surface area (Å²) in [4.78, 5) is 14.5. The van der Waals surface area contributed by atoms with E-state index in [2.05, 4.69) is 10.2 Å². The van der Waals surface area contributed by atoms with Gasteiger partial charge in [-0.3, -0.25) is 4.79 Å². The van der Waals surface area contributed by atoms with Crippen molar-refractivity contribution in [2.75, 3.05) is 26.2 Å². The smallest absolute Gasteiger partial charge is 0.224 e. The summed E-state index contributed by atoms with van der Waals surface area (Å²) >= 11 is 12.2. The highest BCUT2D eigenvalue weighted by atomic mass is 35.5. The van der Waals surface area contributed by atoms with E-state index in [9.17, 15) is 4.79 Å². The van der Waals surface area contributed by atoms with Gasteiger partial charge in [0.05, 0.1) is 6.42 Å². The monoisotopic (exact) mass is 342 g/mol. The van der Waals surface area contributed by atoms with Crippen LogP contribution in [0.4, 0.5) is 0 Å². The molecule has 1 aliphatic rings. The predicted molar refractivity (Wildman–Crippen MR) is 92.7 cm³/mol. The van der Waals surface area contributed by atoms with Crippen molar-refractivity contribution >= 4 is 29.1 Å². The quantitative estimate of drug-likeness (QED) is 0.794. The highest BCUT2D eigenvalue weighted by molar-refractivity contribution is 6.36. The summed E-state index contributed by atoms with van der Waals surface area (Å²) in [5.74, 6) is -0.0223. The van der Waals surface area contributed by atoms with Crippen molar-refractivity contribution < 1.29 is 4.79 Å². The van der Waals surface area contributed by atoms with Gasteiger partial charge in [0, 0.05) is 16.6 Å². The van der Waals surface area contributed by atoms with E-state index in [1.54, 1.807) is 18.2 Å². The molecule has 0 saturated carbocycles. The molecule has 0 atom stereocenters. The van der Waals surface area contributed by atoms with E-state index in [0.717, 1.165) is 13.0 Å². The number of carbonyl (C=O) groups excluding carboxylic acids is 1. The van der Waals surface area contributed by atoms with Gasteiger partial charge in [-0.15, -0.1) is 0 Å². The minimum atomic E-state index is -0.0223. The topological polar surface area (TPSA) is 32.3 Å². The number of hydrogen-bond donors (Lipinski definition) is 1. The maximum absolute atomic E-state index is 12.0. The number of rotatable bonds is 6. The van der Waals surface area contributed by atoms with Crippen molar-refractivity contribution in [2.45, 2.75) is 38.5 Å². The summed E-state index contributed by atoms with van der Waals surface area (Å²) in [5, 5.41) is 4.05. The Morgan fingerprint density at radius 3 is 2.36 bits per heavy atom. The lowest BCUT2D eigenvalue weighted by atomic mass is 10.1. The van der Waals surface area contributed by atoms with Gasteiger partial charge in [-0.2, -0.15) is 0 Å². The first-order valence-electron chi connectivity index (χ1n) is 8.09. The number of amides is 1. The normalized spacial score (nSPS) is 16.3. The second-order valence-corrected chi connectivity index (χ2v) is 6.65. The number of nitrogens with zero attached hydrogens (tertiary/aromatic N) is 1. The maximum Gasteiger partial charge on any atom is 0.224 e. The molecule has 1 aromatic rings. The van der Waals surface area contributed by atoms with Crippen molar-refractivity contribution in [3.05, 3.63) is 33.8 Å². The lowest BCUT2D eigenvalue weighted by molar-refractivity contribution is -0.120. The first-order valence-corrected chi connectivity index (χ1v) is 8.84. The second kappa shape index (κ2) is 9.39. The van der Waals surface area contributed by atoms with E-state index in [0.29, 0.717) is 22.2 Å². The van der Waals surface area contributed by atoms with Crippen LogP contribution in [0.5, 0.6) is 0 Å². The second-order valence-electron chi connectivity index (χ2n) is 5.84. The first kappa shape index (κ1) is 17.6. The highest BCUT2D eigenvalue weighted by Crippen LogP contribution is 2.24. The van der Waals surface area contributed by atoms with Gasteiger partial charge < -0.3 is 10.2 Å². The van der Waals surface area contributed by atoms with Crippen LogP contribution in [0.3, 0.4) is 0 Å². The predicted octanol–water partition coefficient (Wildman–Crippen LogP) is 3.92. The van der Waals surface area contributed by atoms with Crippen molar-refractivity contribution in [3.8, 4) is 0 Å². The molecule has 0 spiro atoms. The minimum absolute atomic E-state index is 0.0223. The van der Waals surface area contributed by atoms with Gasteiger partial charge in [0.2, 0.25) is 5.91 Å². The molecular weight excluding hydrogens is 319 g/mol. The molecule has 0 bridgehead atoms. The average molecular weight is 343 g/mol. The fourth-order valence-corrected chi connectivity index (χ4v) is 3.35. The number of benzene rings is 1. The fraction of sp³-hybridized carbons (Fsp3) is 0.588. The molecule has 1 aliphatic heterocycles. The number of carbonyl (C=O) groups is 1. The van der Waals surface area contributed by atoms with E-state index in [1.807, 2.05) is 0 Å². The molecule has 0 aliphatic carbocycles. The van der Waals surface area contributed by atoms with Crippen LogP contribution in [0.2, 0.25) is 10.0 Å². The lowest BCUT2D eigenvalue weighted by Gasteiger charge is -2.19. The summed E-state index contributed by atoms with van der Waals surface area (Å²) in [7, 11) is 0. The average Bonchev–Trinajstić information content (AvgIpc) is 2.76. The van der Waals surface area contributed by atoms with E-state index >= 15 is 0 Å². The van der Waals surface area contributed by atoms with E-state index in [4.69, 9.17) is 23.2 Å². The molecule has 0 unspecified atom stereocenters. The maximum atomic E-state index is 12.0. The molecule has 1 saturated heterocycles. The zero-order valence-corrected chi connectivity index (χ0v) is 14.4. The highest BCUT2D eigenvalue weighted by Gasteiger charge is 2.11. The zero-order valence-electron chi connectivity index (χ0n) is 12.9. The molecule has 1 aromatic carbocycles. The standard InChI is InChI=1S/C17H24Cl2N2O/c18-15-7-5-8-16(19)14(15)13-17(22)20-9-6-12-21-10-3-1-2-4-11-21/h5,7-8H,1-4,6,9-13H2,(H,20,22). The Balaban J connectivity index is 1.67. The molecule has 1 heterocycles. The Morgan fingerprint density at radius 1 is 1.09 bits per heavy atom. The lowest BCUT2D eigenvalue weighted by Crippen LogP contribution is -2.31. The molecule has 1 amide bonds. The summed E-state index contributed by atoms with van der Waals surface area (Å²) in [5.41, 5.74) is 0.704. The molecule has 122 valence electrons. The van der Waals surface area contributed by atoms with Gasteiger partial charge in [0.15, 0.2) is 0 Å². The first-order chi connectivity index (χ1) is 10.7. The third-order valence-electron chi connectivity index (χ3n) is 4.07. The van der Waals surface area contributed by atoms with Crippen molar-refractivity contribution in [2.24, 2.45) is 0 Å². The molecule has 0 aromatic heterocycles. The summed E-state index contributed by atoms with van der Waals surface area (Å²) in [6.07, 6.45) is 6.54. The number of halogens is 2. The van der Waals surface area contributed by atoms with Crippen LogP contribution in [0.25, 0.3) is 0 Å². The third kappa shape index (κ3) is 5.79. The summed E-state index contributed by atoms with van der Waals surface area (Å²) < 4.78 is 0. The molecule has 5 heteroatoms. The Bertz CT molecular complexity index is 465. The Hall–Kier alpha value is -0.770. The van der Waals surface area contributed by atoms with Gasteiger partial charge in [0.25, 0.3) is 0 Å². The number of nitrogens with one attached hydrogen (secondary N) is 1. The SMILES string of the molecule is O=C(Cc1c(Cl)cccc1Cl)NCCCN1CCCCCC1. The largest absolute Gasteiger partial charge is 0.356 e. The van der Waals surface area contributed by atoms with Gasteiger partial charge in [-0.25, -0.2) is 0 Å². The zero-order chi connectivity index (χ0) is 15.8. The molecule has 3 nitrogen and oxygen atoms in total. The third-order valence-corrected chi connectivity index (χ3v) is 4.78. The molecule has 1 N–H and O–H groups in total. The summed E-state index contributed by atoms with van der Waals surface area (Å²) in [6.45, 7) is 4.16. The summed E-state index contributed by atoms with van der Waals surface area (Å²) in [6, 6.07) is 5.30. The van der Waals surface area contributed by atoms with Crippen LogP contribution in [0, 0.1) is 0 Å². The van der Waals surface area contributed by atoms with Gasteiger partial charge in [-0.1, -0.05) is 42.1 Å². The van der Waals surface area contributed by atoms with Crippen molar-refractivity contribution in [1.82, 2.24) is 10.2 Å². The van der Waals surface area contributed by atoms with Crippen LogP contribution in [0.15, 0.2) is 18.2 Å². The van der Waals surface area contributed by atoms with Gasteiger partial charge in [-0.05, 0) is 56.6 Å². The molecular formula is C17H24Cl2N2O. The van der Waals surface area contributed by atoms with E-state index in [1.165, 1.54) is 38.8 Å². The van der Waals surface area contributed by atoms with Crippen molar-refractivity contribution in [3.63, 3.8) is 0 Å². The Kier molecular flexibility index (Phi) is 7.50. The van der Waals surface area contributed by atoms with E-state index < -0.39 is 0 Å². The van der Waals surface area contributed by atoms with Gasteiger partial charge >= 0.3 is 0 Å². The van der Waals surface area contributed by atoms with Crippen LogP contribution < -0.4 is 5.32 Å². The van der Waals surface area contributed by atoms with Gasteiger partial charge in [0.1, 0.15) is 0 Å². The Labute approximate surface area is 143 Å². The molecule has 2 rings (SSSR count). The molecule has 1 fully saturated rings.